The highest BCUT2D eigenvalue weighted by molar-refractivity contribution is 5.97. The summed E-state index contributed by atoms with van der Waals surface area (Å²) >= 11 is 0. The molecular formula is C17H28O5. The topological polar surface area (TPSA) is 69.7 Å². The second kappa shape index (κ2) is 8.71. The monoisotopic (exact) mass is 312 g/mol. The van der Waals surface area contributed by atoms with Gasteiger partial charge >= 0.3 is 11.9 Å². The summed E-state index contributed by atoms with van der Waals surface area (Å²) in [6.07, 6.45) is 3.84. The molecule has 0 fully saturated rings. The van der Waals surface area contributed by atoms with Gasteiger partial charge in [0.05, 0.1) is 14.2 Å². The van der Waals surface area contributed by atoms with Crippen LogP contribution in [-0.2, 0) is 23.9 Å². The minimum absolute atomic E-state index is 0.110. The predicted molar refractivity (Wildman–Crippen MR) is 84.1 cm³/mol. The Labute approximate surface area is 133 Å². The minimum atomic E-state index is -1.08. The van der Waals surface area contributed by atoms with E-state index in [1.807, 2.05) is 33.8 Å². The highest BCUT2D eigenvalue weighted by atomic mass is 16.5. The molecule has 5 heteroatoms. The number of methoxy groups -OCH3 is 2. The smallest absolute Gasteiger partial charge is 0.320 e. The Morgan fingerprint density at radius 2 is 1.50 bits per heavy atom. The van der Waals surface area contributed by atoms with E-state index < -0.39 is 29.7 Å². The average Bonchev–Trinajstić information content (AvgIpc) is 2.47. The van der Waals surface area contributed by atoms with Gasteiger partial charge in [-0.3, -0.25) is 14.4 Å². The van der Waals surface area contributed by atoms with Crippen LogP contribution in [0.25, 0.3) is 0 Å². The molecular weight excluding hydrogens is 284 g/mol. The van der Waals surface area contributed by atoms with Crippen LogP contribution in [-0.4, -0.2) is 31.9 Å². The molecule has 0 bridgehead atoms. The molecule has 0 spiro atoms. The molecule has 22 heavy (non-hydrogen) atoms. The second-order valence-electron chi connectivity index (χ2n) is 6.49. The Morgan fingerprint density at radius 1 is 1.05 bits per heavy atom. The van der Waals surface area contributed by atoms with Crippen molar-refractivity contribution in [3.05, 3.63) is 12.2 Å². The maximum absolute atomic E-state index is 12.3. The van der Waals surface area contributed by atoms with Gasteiger partial charge in [0.15, 0.2) is 11.7 Å². The molecule has 0 saturated carbocycles. The van der Waals surface area contributed by atoms with E-state index in [1.54, 1.807) is 6.92 Å². The summed E-state index contributed by atoms with van der Waals surface area (Å²) in [5.74, 6) is -3.47. The highest BCUT2D eigenvalue weighted by Gasteiger charge is 2.40. The van der Waals surface area contributed by atoms with E-state index in [4.69, 9.17) is 9.47 Å². The number of hydrogen-bond donors (Lipinski definition) is 0. The summed E-state index contributed by atoms with van der Waals surface area (Å²) in [5.41, 5.74) is -0.110. The third-order valence-corrected chi connectivity index (χ3v) is 3.65. The molecule has 0 unspecified atom stereocenters. The van der Waals surface area contributed by atoms with Crippen LogP contribution in [0.5, 0.6) is 0 Å². The average molecular weight is 312 g/mol. The van der Waals surface area contributed by atoms with Crippen LogP contribution in [0.2, 0.25) is 0 Å². The Kier molecular flexibility index (Phi) is 8.06. The second-order valence-corrected chi connectivity index (χ2v) is 6.49. The minimum Gasteiger partial charge on any atom is -0.468 e. The molecule has 0 N–H and O–H groups in total. The van der Waals surface area contributed by atoms with Crippen LogP contribution < -0.4 is 0 Å². The van der Waals surface area contributed by atoms with Crippen molar-refractivity contribution in [1.29, 1.82) is 0 Å². The van der Waals surface area contributed by atoms with Crippen molar-refractivity contribution in [2.24, 2.45) is 23.2 Å². The first-order chi connectivity index (χ1) is 10.1. The number of ether oxygens (including phenoxy) is 2. The molecule has 0 aromatic heterocycles. The number of hydrogen-bond acceptors (Lipinski definition) is 5. The van der Waals surface area contributed by atoms with Crippen molar-refractivity contribution in [2.75, 3.05) is 14.2 Å². The van der Waals surface area contributed by atoms with E-state index in [0.717, 1.165) is 0 Å². The van der Waals surface area contributed by atoms with Gasteiger partial charge in [-0.1, -0.05) is 47.1 Å². The van der Waals surface area contributed by atoms with Gasteiger partial charge in [-0.25, -0.2) is 0 Å². The van der Waals surface area contributed by atoms with E-state index in [9.17, 15) is 14.4 Å². The number of esters is 2. The lowest BCUT2D eigenvalue weighted by Crippen LogP contribution is -2.38. The van der Waals surface area contributed by atoms with E-state index >= 15 is 0 Å². The Bertz CT molecular complexity index is 415. The number of ketones is 1. The molecule has 0 aromatic carbocycles. The van der Waals surface area contributed by atoms with E-state index in [1.165, 1.54) is 20.3 Å². The number of allylic oxidation sites excluding steroid dienone is 2. The SMILES string of the molecule is CC[C@H](C(C(=O)OC)C(=O)OC)[C@@H](C)C(=O)/C=C/C(C)(C)C. The number of carbonyl (C=O) groups is 3. The van der Waals surface area contributed by atoms with Crippen molar-refractivity contribution < 1.29 is 23.9 Å². The summed E-state index contributed by atoms with van der Waals surface area (Å²) < 4.78 is 9.39. The van der Waals surface area contributed by atoms with Crippen molar-refractivity contribution in [3.8, 4) is 0 Å². The lowest BCUT2D eigenvalue weighted by atomic mass is 9.78. The van der Waals surface area contributed by atoms with Gasteiger partial charge in [0, 0.05) is 5.92 Å². The van der Waals surface area contributed by atoms with Crippen molar-refractivity contribution >= 4 is 17.7 Å². The highest BCUT2D eigenvalue weighted by Crippen LogP contribution is 2.28. The third-order valence-electron chi connectivity index (χ3n) is 3.65. The predicted octanol–water partition coefficient (Wildman–Crippen LogP) is 2.78. The molecule has 0 rings (SSSR count). The lowest BCUT2D eigenvalue weighted by Gasteiger charge is -2.26. The third kappa shape index (κ3) is 6.00. The molecule has 0 aliphatic heterocycles. The molecule has 2 atom stereocenters. The summed E-state index contributed by atoms with van der Waals surface area (Å²) in [4.78, 5) is 36.1. The summed E-state index contributed by atoms with van der Waals surface area (Å²) in [5, 5.41) is 0. The molecule has 0 aliphatic carbocycles. The fraction of sp³-hybridized carbons (Fsp3) is 0.706. The largest absolute Gasteiger partial charge is 0.468 e. The van der Waals surface area contributed by atoms with Gasteiger partial charge in [-0.15, -0.1) is 0 Å². The van der Waals surface area contributed by atoms with Crippen LogP contribution in [0.1, 0.15) is 41.0 Å². The van der Waals surface area contributed by atoms with Gasteiger partial charge in [0.1, 0.15) is 0 Å². The van der Waals surface area contributed by atoms with Crippen LogP contribution >= 0.6 is 0 Å². The van der Waals surface area contributed by atoms with Gasteiger partial charge in [-0.2, -0.15) is 0 Å². The van der Waals surface area contributed by atoms with Crippen molar-refractivity contribution in [1.82, 2.24) is 0 Å². The van der Waals surface area contributed by atoms with Crippen LogP contribution in [0, 0.1) is 23.2 Å². The maximum Gasteiger partial charge on any atom is 0.320 e. The standard InChI is InChI=1S/C17H28O5/c1-8-12(14(15(19)21-6)16(20)22-7)11(2)13(18)9-10-17(3,4)5/h9-12,14H,8H2,1-7H3/b10-9+/t11-,12+/m1/s1. The van der Waals surface area contributed by atoms with E-state index in [-0.39, 0.29) is 11.2 Å². The van der Waals surface area contributed by atoms with Gasteiger partial charge < -0.3 is 9.47 Å². The van der Waals surface area contributed by atoms with Gasteiger partial charge in [-0.05, 0) is 17.4 Å². The van der Waals surface area contributed by atoms with Gasteiger partial charge in [0.2, 0.25) is 0 Å². The molecule has 5 nitrogen and oxygen atoms in total. The molecule has 0 heterocycles. The first-order valence-corrected chi connectivity index (χ1v) is 7.47. The first kappa shape index (κ1) is 20.3. The van der Waals surface area contributed by atoms with E-state index in [2.05, 4.69) is 0 Å². The fourth-order valence-corrected chi connectivity index (χ4v) is 2.27. The van der Waals surface area contributed by atoms with Crippen LogP contribution in [0.3, 0.4) is 0 Å². The summed E-state index contributed by atoms with van der Waals surface area (Å²) in [6, 6.07) is 0. The van der Waals surface area contributed by atoms with Crippen LogP contribution in [0.15, 0.2) is 12.2 Å². The maximum atomic E-state index is 12.3. The number of carbonyl (C=O) groups excluding carboxylic acids is 3. The van der Waals surface area contributed by atoms with Crippen molar-refractivity contribution in [3.63, 3.8) is 0 Å². The van der Waals surface area contributed by atoms with Gasteiger partial charge in [0.25, 0.3) is 0 Å². The van der Waals surface area contributed by atoms with Crippen LogP contribution in [0.4, 0.5) is 0 Å². The molecule has 0 radical (unpaired) electrons. The van der Waals surface area contributed by atoms with Crippen molar-refractivity contribution in [2.45, 2.75) is 41.0 Å². The molecule has 0 aliphatic rings. The first-order valence-electron chi connectivity index (χ1n) is 7.47. The molecule has 0 aromatic rings. The quantitative estimate of drug-likeness (QED) is 0.411. The Hall–Kier alpha value is -1.65. The zero-order valence-corrected chi connectivity index (χ0v) is 14.6. The normalized spacial score (nSPS) is 14.7. The molecule has 0 amide bonds. The zero-order chi connectivity index (χ0) is 17.5. The Balaban J connectivity index is 5.35. The summed E-state index contributed by atoms with van der Waals surface area (Å²) in [7, 11) is 2.44. The lowest BCUT2D eigenvalue weighted by molar-refractivity contribution is -0.162. The zero-order valence-electron chi connectivity index (χ0n) is 14.6. The fourth-order valence-electron chi connectivity index (χ4n) is 2.27. The summed E-state index contributed by atoms with van der Waals surface area (Å²) in [6.45, 7) is 9.53. The molecule has 126 valence electrons. The Morgan fingerprint density at radius 3 is 1.82 bits per heavy atom. The van der Waals surface area contributed by atoms with E-state index in [0.29, 0.717) is 6.42 Å². The molecule has 0 saturated heterocycles. The number of rotatable bonds is 7.